The van der Waals surface area contributed by atoms with Gasteiger partial charge in [-0.05, 0) is 80.5 Å². The molecule has 2 saturated carbocycles. The van der Waals surface area contributed by atoms with Crippen molar-refractivity contribution in [3.05, 3.63) is 12.2 Å². The Balaban J connectivity index is 1.75. The number of ether oxygens (including phenoxy) is 2. The van der Waals surface area contributed by atoms with E-state index in [-0.39, 0.29) is 5.97 Å². The zero-order valence-corrected chi connectivity index (χ0v) is 19.0. The summed E-state index contributed by atoms with van der Waals surface area (Å²) >= 11 is 0. The third-order valence-corrected chi connectivity index (χ3v) is 7.87. The summed E-state index contributed by atoms with van der Waals surface area (Å²) in [4.78, 5) is 11.2. The molecule has 0 aromatic heterocycles. The van der Waals surface area contributed by atoms with Crippen LogP contribution in [-0.4, -0.2) is 26.3 Å². The Morgan fingerprint density at radius 2 is 1.82 bits per heavy atom. The van der Waals surface area contributed by atoms with E-state index < -0.39 is 0 Å². The van der Waals surface area contributed by atoms with E-state index in [1.54, 1.807) is 0 Å². The van der Waals surface area contributed by atoms with Gasteiger partial charge in [0, 0.05) is 13.5 Å². The number of hydrogen-bond acceptors (Lipinski definition) is 3. The van der Waals surface area contributed by atoms with Gasteiger partial charge in [0.05, 0.1) is 13.2 Å². The Kier molecular flexibility index (Phi) is 9.53. The van der Waals surface area contributed by atoms with Crippen molar-refractivity contribution < 1.29 is 14.3 Å². The molecular weight excluding hydrogens is 348 g/mol. The van der Waals surface area contributed by atoms with E-state index in [9.17, 15) is 4.79 Å². The molecule has 0 radical (unpaired) electrons. The van der Waals surface area contributed by atoms with E-state index in [0.29, 0.717) is 17.9 Å². The van der Waals surface area contributed by atoms with Crippen LogP contribution in [0.15, 0.2) is 12.2 Å². The summed E-state index contributed by atoms with van der Waals surface area (Å²) < 4.78 is 10.6. The first-order valence-electron chi connectivity index (χ1n) is 11.7. The Morgan fingerprint density at radius 1 is 1.11 bits per heavy atom. The van der Waals surface area contributed by atoms with Crippen LogP contribution in [0.1, 0.15) is 91.4 Å². The molecule has 162 valence electrons. The molecule has 28 heavy (non-hydrogen) atoms. The highest BCUT2D eigenvalue weighted by Gasteiger charge is 2.41. The SMILES string of the molecule is COC(=O)CCC/C=C\C[C@@H]1[C@@H](CCCC(OC)C2(C)CCC2)[C@H](C)C[C@H]1C. The van der Waals surface area contributed by atoms with E-state index in [4.69, 9.17) is 9.47 Å². The second-order valence-electron chi connectivity index (χ2n) is 9.86. The Labute approximate surface area is 173 Å². The van der Waals surface area contributed by atoms with Gasteiger partial charge in [0.1, 0.15) is 0 Å². The van der Waals surface area contributed by atoms with Crippen LogP contribution in [0.3, 0.4) is 0 Å². The molecule has 2 rings (SSSR count). The third-order valence-electron chi connectivity index (χ3n) is 7.87. The lowest BCUT2D eigenvalue weighted by Crippen LogP contribution is -2.39. The fraction of sp³-hybridized carbons (Fsp3) is 0.880. The lowest BCUT2D eigenvalue weighted by molar-refractivity contribution is -0.140. The number of carbonyl (C=O) groups excluding carboxylic acids is 1. The molecule has 0 heterocycles. The quantitative estimate of drug-likeness (QED) is 0.214. The molecule has 2 aliphatic rings. The van der Waals surface area contributed by atoms with Gasteiger partial charge in [-0.15, -0.1) is 0 Å². The fourth-order valence-electron chi connectivity index (χ4n) is 5.87. The molecule has 2 aliphatic carbocycles. The van der Waals surface area contributed by atoms with E-state index in [1.165, 1.54) is 58.5 Å². The maximum atomic E-state index is 11.2. The number of carbonyl (C=O) groups is 1. The molecule has 2 fully saturated rings. The molecule has 0 aromatic carbocycles. The topological polar surface area (TPSA) is 35.5 Å². The number of hydrogen-bond donors (Lipinski definition) is 0. The number of esters is 1. The number of allylic oxidation sites excluding steroid dienone is 2. The highest BCUT2D eigenvalue weighted by atomic mass is 16.5. The summed E-state index contributed by atoms with van der Waals surface area (Å²) in [6.07, 6.45) is 18.0. The number of rotatable bonds is 12. The standard InChI is InChI=1S/C25H44O3/c1-19-18-20(2)22(13-10-14-23(27-4)25(3)16-11-17-25)21(19)12-8-6-7-9-15-24(26)28-5/h6,8,19-23H,7,9-18H2,1-5H3/b8-6-/t19-,20-,21+,22+,23?/m1/s1. The second-order valence-corrected chi connectivity index (χ2v) is 9.86. The Morgan fingerprint density at radius 3 is 2.43 bits per heavy atom. The van der Waals surface area contributed by atoms with Crippen molar-refractivity contribution in [3.63, 3.8) is 0 Å². The van der Waals surface area contributed by atoms with Crippen LogP contribution in [0.5, 0.6) is 0 Å². The van der Waals surface area contributed by atoms with Crippen molar-refractivity contribution in [2.24, 2.45) is 29.1 Å². The van der Waals surface area contributed by atoms with Crippen molar-refractivity contribution in [1.29, 1.82) is 0 Å². The average molecular weight is 393 g/mol. The monoisotopic (exact) mass is 392 g/mol. The van der Waals surface area contributed by atoms with Crippen LogP contribution in [0.4, 0.5) is 0 Å². The number of unbranched alkanes of at least 4 members (excludes halogenated alkanes) is 1. The van der Waals surface area contributed by atoms with Crippen LogP contribution in [0, 0.1) is 29.1 Å². The van der Waals surface area contributed by atoms with Crippen LogP contribution in [-0.2, 0) is 14.3 Å². The summed E-state index contributed by atoms with van der Waals surface area (Å²) in [5.74, 6) is 3.22. The van der Waals surface area contributed by atoms with Gasteiger partial charge >= 0.3 is 5.97 Å². The van der Waals surface area contributed by atoms with Gasteiger partial charge in [0.15, 0.2) is 0 Å². The second kappa shape index (κ2) is 11.4. The van der Waals surface area contributed by atoms with Gasteiger partial charge in [-0.2, -0.15) is 0 Å². The molecule has 0 N–H and O–H groups in total. The molecule has 0 bridgehead atoms. The first-order valence-corrected chi connectivity index (χ1v) is 11.7. The summed E-state index contributed by atoms with van der Waals surface area (Å²) in [6.45, 7) is 7.32. The van der Waals surface area contributed by atoms with E-state index >= 15 is 0 Å². The normalized spacial score (nSPS) is 30.3. The van der Waals surface area contributed by atoms with Crippen molar-refractivity contribution >= 4 is 5.97 Å². The van der Waals surface area contributed by atoms with Gasteiger partial charge < -0.3 is 9.47 Å². The smallest absolute Gasteiger partial charge is 0.305 e. The van der Waals surface area contributed by atoms with Gasteiger partial charge in [-0.3, -0.25) is 4.79 Å². The van der Waals surface area contributed by atoms with Crippen molar-refractivity contribution in [2.75, 3.05) is 14.2 Å². The molecule has 0 amide bonds. The Bertz CT molecular complexity index is 494. The summed E-state index contributed by atoms with van der Waals surface area (Å²) in [6, 6.07) is 0. The minimum atomic E-state index is -0.100. The van der Waals surface area contributed by atoms with Gasteiger partial charge in [-0.25, -0.2) is 0 Å². The summed E-state index contributed by atoms with van der Waals surface area (Å²) in [7, 11) is 3.37. The molecule has 0 aliphatic heterocycles. The molecular formula is C25H44O3. The van der Waals surface area contributed by atoms with E-state index in [1.807, 2.05) is 7.11 Å². The maximum Gasteiger partial charge on any atom is 0.305 e. The minimum Gasteiger partial charge on any atom is -0.469 e. The zero-order valence-electron chi connectivity index (χ0n) is 19.0. The first-order chi connectivity index (χ1) is 13.4. The largest absolute Gasteiger partial charge is 0.469 e. The van der Waals surface area contributed by atoms with E-state index in [0.717, 1.165) is 36.5 Å². The van der Waals surface area contributed by atoms with Crippen LogP contribution < -0.4 is 0 Å². The maximum absolute atomic E-state index is 11.2. The Hall–Kier alpha value is -0.830. The van der Waals surface area contributed by atoms with Gasteiger partial charge in [0.25, 0.3) is 0 Å². The van der Waals surface area contributed by atoms with Crippen LogP contribution in [0.2, 0.25) is 0 Å². The third kappa shape index (κ3) is 6.34. The lowest BCUT2D eigenvalue weighted by atomic mass is 9.65. The molecule has 0 aromatic rings. The predicted octanol–water partition coefficient (Wildman–Crippen LogP) is 6.56. The summed E-state index contributed by atoms with van der Waals surface area (Å²) in [5, 5.41) is 0. The molecule has 5 atom stereocenters. The summed E-state index contributed by atoms with van der Waals surface area (Å²) in [5.41, 5.74) is 0.440. The molecule has 3 nitrogen and oxygen atoms in total. The average Bonchev–Trinajstić information content (AvgIpc) is 2.92. The first kappa shape index (κ1) is 23.4. The van der Waals surface area contributed by atoms with Crippen molar-refractivity contribution in [2.45, 2.75) is 97.5 Å². The highest BCUT2D eigenvalue weighted by molar-refractivity contribution is 5.69. The zero-order chi connectivity index (χ0) is 20.6. The molecule has 0 saturated heterocycles. The number of methoxy groups -OCH3 is 2. The predicted molar refractivity (Wildman–Crippen MR) is 116 cm³/mol. The molecule has 0 spiro atoms. The van der Waals surface area contributed by atoms with Crippen molar-refractivity contribution in [3.8, 4) is 0 Å². The fourth-order valence-corrected chi connectivity index (χ4v) is 5.87. The molecule has 3 heteroatoms. The van der Waals surface area contributed by atoms with Crippen LogP contribution >= 0.6 is 0 Å². The van der Waals surface area contributed by atoms with Crippen molar-refractivity contribution in [1.82, 2.24) is 0 Å². The van der Waals surface area contributed by atoms with Gasteiger partial charge in [-0.1, -0.05) is 45.8 Å². The van der Waals surface area contributed by atoms with Gasteiger partial charge in [0.2, 0.25) is 0 Å². The minimum absolute atomic E-state index is 0.100. The van der Waals surface area contributed by atoms with Crippen LogP contribution in [0.25, 0.3) is 0 Å². The van der Waals surface area contributed by atoms with E-state index in [2.05, 4.69) is 32.9 Å². The highest BCUT2D eigenvalue weighted by Crippen LogP contribution is 2.48. The lowest BCUT2D eigenvalue weighted by Gasteiger charge is -2.44. The molecule has 1 unspecified atom stereocenters.